The van der Waals surface area contributed by atoms with E-state index < -0.39 is 61.0 Å². The van der Waals surface area contributed by atoms with Gasteiger partial charge in [-0.25, -0.2) is 0 Å². The van der Waals surface area contributed by atoms with Gasteiger partial charge in [-0.2, -0.15) is 0 Å². The highest BCUT2D eigenvalue weighted by Gasteiger charge is 2.45. The fourth-order valence-corrected chi connectivity index (χ4v) is 6.52. The van der Waals surface area contributed by atoms with E-state index in [4.69, 9.17) is 9.47 Å². The number of ketones is 1. The van der Waals surface area contributed by atoms with Gasteiger partial charge in [-0.1, -0.05) is 26.0 Å². The Balaban J connectivity index is 1.39. The van der Waals surface area contributed by atoms with E-state index in [0.29, 0.717) is 12.3 Å². The van der Waals surface area contributed by atoms with Crippen molar-refractivity contribution in [1.82, 2.24) is 0 Å². The first-order chi connectivity index (χ1) is 19.8. The molecule has 0 aromatic heterocycles. The van der Waals surface area contributed by atoms with E-state index in [1.807, 2.05) is 13.8 Å². The number of carbonyl (C=O) groups excluding carboxylic acids is 2. The summed E-state index contributed by atoms with van der Waals surface area (Å²) in [4.78, 5) is 26.3. The SMILES string of the molecule is C=C1CC2(CCC(=O)C(C)(C)CCC(=O)Nc3c(OC4OC(CO)C(O)C(O)C4O)ccc(CO)c3O)CCC1CC2. The largest absolute Gasteiger partial charge is 0.505 e. The molecule has 1 saturated heterocycles. The second-order valence-corrected chi connectivity index (χ2v) is 12.9. The Morgan fingerprint density at radius 3 is 2.40 bits per heavy atom. The number of aromatic hydroxyl groups is 1. The number of anilines is 1. The standard InChI is InChI=1S/C31H45NO10/c1-17-14-31(11-6-18(17)7-12-31)13-8-22(35)30(2,3)10-9-23(36)32-24-20(5-4-19(15-33)25(24)37)41-29-28(40)27(39)26(38)21(16-34)42-29/h4-5,18,21,26-29,33-34,37-40H,1,6-16H2,2-3H3,(H,32,36). The maximum atomic E-state index is 13.2. The zero-order chi connectivity index (χ0) is 30.8. The summed E-state index contributed by atoms with van der Waals surface area (Å²) in [5, 5.41) is 62.9. The van der Waals surface area contributed by atoms with Gasteiger partial charge in [0.15, 0.2) is 0 Å². The van der Waals surface area contributed by atoms with E-state index in [1.165, 1.54) is 17.7 Å². The molecule has 5 atom stereocenters. The summed E-state index contributed by atoms with van der Waals surface area (Å²) in [6.45, 7) is 6.72. The van der Waals surface area contributed by atoms with Gasteiger partial charge in [-0.3, -0.25) is 9.59 Å². The third-order valence-electron chi connectivity index (χ3n) is 9.59. The predicted octanol–water partition coefficient (Wildman–Crippen LogP) is 2.29. The molecule has 11 nitrogen and oxygen atoms in total. The van der Waals surface area contributed by atoms with Crippen molar-refractivity contribution in [3.05, 3.63) is 29.8 Å². The van der Waals surface area contributed by atoms with Gasteiger partial charge in [0.2, 0.25) is 12.2 Å². The number of carbonyl (C=O) groups is 2. The van der Waals surface area contributed by atoms with Crippen molar-refractivity contribution in [2.75, 3.05) is 11.9 Å². The molecule has 0 radical (unpaired) electrons. The minimum absolute atomic E-state index is 0.0371. The average molecular weight is 592 g/mol. The zero-order valence-electron chi connectivity index (χ0n) is 24.4. The summed E-state index contributed by atoms with van der Waals surface area (Å²) in [6, 6.07) is 2.68. The van der Waals surface area contributed by atoms with E-state index in [2.05, 4.69) is 11.9 Å². The number of ether oxygens (including phenoxy) is 2. The lowest BCUT2D eigenvalue weighted by atomic mass is 9.57. The smallest absolute Gasteiger partial charge is 0.229 e. The van der Waals surface area contributed by atoms with E-state index >= 15 is 0 Å². The number of rotatable bonds is 12. The molecule has 2 bridgehead atoms. The molecule has 1 aromatic carbocycles. The minimum atomic E-state index is -1.71. The summed E-state index contributed by atoms with van der Waals surface area (Å²) < 4.78 is 11.0. The lowest BCUT2D eigenvalue weighted by Crippen LogP contribution is -2.60. The molecule has 4 fully saturated rings. The van der Waals surface area contributed by atoms with Crippen LogP contribution in [0.25, 0.3) is 0 Å². The molecule has 1 amide bonds. The molecule has 5 unspecified atom stereocenters. The van der Waals surface area contributed by atoms with Gasteiger partial charge in [-0.05, 0) is 68.4 Å². The Labute approximate surface area is 246 Å². The van der Waals surface area contributed by atoms with Crippen molar-refractivity contribution in [3.63, 3.8) is 0 Å². The molecule has 1 aliphatic heterocycles. The van der Waals surface area contributed by atoms with Crippen LogP contribution in [0.5, 0.6) is 11.5 Å². The molecule has 1 heterocycles. The van der Waals surface area contributed by atoms with Gasteiger partial charge < -0.3 is 45.4 Å². The van der Waals surface area contributed by atoms with Gasteiger partial charge >= 0.3 is 0 Å². The molecule has 11 heteroatoms. The van der Waals surface area contributed by atoms with Crippen LogP contribution in [0.2, 0.25) is 0 Å². The Morgan fingerprint density at radius 1 is 1.10 bits per heavy atom. The minimum Gasteiger partial charge on any atom is -0.505 e. The van der Waals surface area contributed by atoms with Gasteiger partial charge in [0.25, 0.3) is 0 Å². The predicted molar refractivity (Wildman–Crippen MR) is 152 cm³/mol. The van der Waals surface area contributed by atoms with Gasteiger partial charge in [0.05, 0.1) is 13.2 Å². The number of allylic oxidation sites excluding steroid dienone is 1. The normalized spacial score (nSPS) is 31.2. The summed E-state index contributed by atoms with van der Waals surface area (Å²) in [5.74, 6) is -0.384. The molecular weight excluding hydrogens is 546 g/mol. The summed E-state index contributed by atoms with van der Waals surface area (Å²) >= 11 is 0. The lowest BCUT2D eigenvalue weighted by molar-refractivity contribution is -0.277. The number of hydrogen-bond acceptors (Lipinski definition) is 10. The molecule has 5 rings (SSSR count). The molecule has 3 aliphatic carbocycles. The monoisotopic (exact) mass is 591 g/mol. The first-order valence-electron chi connectivity index (χ1n) is 14.7. The number of nitrogens with one attached hydrogen (secondary N) is 1. The molecule has 7 N–H and O–H groups in total. The highest BCUT2D eigenvalue weighted by Crippen LogP contribution is 2.55. The van der Waals surface area contributed by atoms with Crippen LogP contribution in [0.15, 0.2) is 24.3 Å². The van der Waals surface area contributed by atoms with E-state index in [-0.39, 0.29) is 41.0 Å². The molecule has 0 spiro atoms. The van der Waals surface area contributed by atoms with Crippen molar-refractivity contribution in [1.29, 1.82) is 0 Å². The van der Waals surface area contributed by atoms with Crippen molar-refractivity contribution < 1.29 is 49.7 Å². The molecular formula is C31H45NO10. The molecule has 234 valence electrons. The van der Waals surface area contributed by atoms with Crippen LogP contribution in [0, 0.1) is 16.7 Å². The Morgan fingerprint density at radius 2 is 1.79 bits per heavy atom. The fourth-order valence-electron chi connectivity index (χ4n) is 6.52. The highest BCUT2D eigenvalue weighted by atomic mass is 16.7. The van der Waals surface area contributed by atoms with E-state index in [9.17, 15) is 40.2 Å². The Hall–Kier alpha value is -2.54. The number of fused-ring (bicyclic) bond motifs is 3. The number of amides is 1. The average Bonchev–Trinajstić information content (AvgIpc) is 2.97. The van der Waals surface area contributed by atoms with Crippen LogP contribution in [0.4, 0.5) is 5.69 Å². The number of aliphatic hydroxyl groups is 5. The topological polar surface area (TPSA) is 186 Å². The summed E-state index contributed by atoms with van der Waals surface area (Å²) in [7, 11) is 0. The molecule has 42 heavy (non-hydrogen) atoms. The van der Waals surface area contributed by atoms with Crippen molar-refractivity contribution >= 4 is 17.4 Å². The van der Waals surface area contributed by atoms with Crippen molar-refractivity contribution in [2.45, 2.75) is 109 Å². The summed E-state index contributed by atoms with van der Waals surface area (Å²) in [5.41, 5.74) is 0.642. The van der Waals surface area contributed by atoms with Crippen LogP contribution in [0.3, 0.4) is 0 Å². The Bertz CT molecular complexity index is 1160. The first-order valence-corrected chi connectivity index (χ1v) is 14.7. The third kappa shape index (κ3) is 6.82. The quantitative estimate of drug-likeness (QED) is 0.140. The van der Waals surface area contributed by atoms with E-state index in [1.54, 1.807) is 0 Å². The number of hydrogen-bond donors (Lipinski definition) is 7. The maximum Gasteiger partial charge on any atom is 0.229 e. The van der Waals surface area contributed by atoms with Crippen molar-refractivity contribution in [2.24, 2.45) is 16.7 Å². The lowest BCUT2D eigenvalue weighted by Gasteiger charge is -2.48. The maximum absolute atomic E-state index is 13.2. The number of Topliss-reactive ketones (excluding diaryl/α,β-unsaturated/α-hetero) is 1. The second kappa shape index (κ2) is 13.0. The third-order valence-corrected chi connectivity index (χ3v) is 9.59. The molecule has 1 aromatic rings. The zero-order valence-corrected chi connectivity index (χ0v) is 24.4. The fraction of sp³-hybridized carbons (Fsp3) is 0.677. The van der Waals surface area contributed by atoms with E-state index in [0.717, 1.165) is 38.5 Å². The van der Waals surface area contributed by atoms with Gasteiger partial charge in [-0.15, -0.1) is 0 Å². The van der Waals surface area contributed by atoms with Crippen LogP contribution < -0.4 is 10.1 Å². The van der Waals surface area contributed by atoms with Gasteiger partial charge in [0.1, 0.15) is 47.4 Å². The van der Waals surface area contributed by atoms with Gasteiger partial charge in [0, 0.05) is 23.8 Å². The van der Waals surface area contributed by atoms with Crippen LogP contribution in [0.1, 0.15) is 77.2 Å². The highest BCUT2D eigenvalue weighted by molar-refractivity contribution is 5.95. The van der Waals surface area contributed by atoms with Crippen LogP contribution in [-0.4, -0.2) is 79.6 Å². The Kier molecular flexibility index (Phi) is 10.0. The molecule has 4 aliphatic rings. The summed E-state index contributed by atoms with van der Waals surface area (Å²) in [6.07, 6.45) is -0.667. The number of aliphatic hydroxyl groups excluding tert-OH is 5. The number of benzene rings is 1. The van der Waals surface area contributed by atoms with Crippen LogP contribution in [-0.2, 0) is 20.9 Å². The second-order valence-electron chi connectivity index (χ2n) is 12.9. The number of phenols is 1. The first kappa shape index (κ1) is 32.4. The van der Waals surface area contributed by atoms with Crippen LogP contribution >= 0.6 is 0 Å². The van der Waals surface area contributed by atoms with Crippen molar-refractivity contribution in [3.8, 4) is 11.5 Å². The molecule has 3 saturated carbocycles.